The Morgan fingerprint density at radius 1 is 1.35 bits per heavy atom. The summed E-state index contributed by atoms with van der Waals surface area (Å²) in [6, 6.07) is -0.399. The van der Waals surface area contributed by atoms with E-state index in [9.17, 15) is 4.79 Å². The van der Waals surface area contributed by atoms with E-state index in [4.69, 9.17) is 10.5 Å². The van der Waals surface area contributed by atoms with Crippen LogP contribution in [-0.4, -0.2) is 18.6 Å². The van der Waals surface area contributed by atoms with Gasteiger partial charge in [0.15, 0.2) is 0 Å². The summed E-state index contributed by atoms with van der Waals surface area (Å²) in [5.41, 5.74) is 5.98. The normalized spacial score (nSPS) is 20.9. The molecule has 1 aliphatic carbocycles. The highest BCUT2D eigenvalue weighted by Gasteiger charge is 2.27. The van der Waals surface area contributed by atoms with E-state index in [-0.39, 0.29) is 5.97 Å². The molecule has 0 spiro atoms. The van der Waals surface area contributed by atoms with Crippen molar-refractivity contribution in [2.24, 2.45) is 17.6 Å². The lowest BCUT2D eigenvalue weighted by atomic mass is 9.84. The third-order valence-corrected chi connectivity index (χ3v) is 3.72. The van der Waals surface area contributed by atoms with Crippen molar-refractivity contribution in [3.63, 3.8) is 0 Å². The van der Waals surface area contributed by atoms with Crippen LogP contribution in [0.5, 0.6) is 0 Å². The molecular weight excluding hydrogens is 214 g/mol. The fourth-order valence-corrected chi connectivity index (χ4v) is 2.58. The fraction of sp³-hybridized carbons (Fsp3) is 0.929. The van der Waals surface area contributed by atoms with Crippen molar-refractivity contribution in [1.29, 1.82) is 0 Å². The summed E-state index contributed by atoms with van der Waals surface area (Å²) in [6.45, 7) is 4.78. The molecule has 3 nitrogen and oxygen atoms in total. The summed E-state index contributed by atoms with van der Waals surface area (Å²) in [5.74, 6) is 0.597. The van der Waals surface area contributed by atoms with Gasteiger partial charge in [-0.05, 0) is 31.1 Å². The molecule has 0 radical (unpaired) electrons. The number of carbonyl (C=O) groups excluding carboxylic acids is 1. The predicted molar refractivity (Wildman–Crippen MR) is 69.6 cm³/mol. The van der Waals surface area contributed by atoms with E-state index in [0.29, 0.717) is 18.4 Å². The monoisotopic (exact) mass is 241 g/mol. The first-order valence-corrected chi connectivity index (χ1v) is 7.07. The standard InChI is InChI=1S/C14H27NO2/c1-3-7-11(2)10-17-14(16)13(15)12-8-5-4-6-9-12/h11-13H,3-10,15H2,1-2H3. The van der Waals surface area contributed by atoms with Gasteiger partial charge in [-0.2, -0.15) is 0 Å². The third-order valence-electron chi connectivity index (χ3n) is 3.72. The number of hydrogen-bond acceptors (Lipinski definition) is 3. The average Bonchev–Trinajstić information content (AvgIpc) is 2.36. The zero-order valence-corrected chi connectivity index (χ0v) is 11.3. The van der Waals surface area contributed by atoms with Crippen LogP contribution in [0.1, 0.15) is 58.8 Å². The maximum absolute atomic E-state index is 11.8. The Morgan fingerprint density at radius 3 is 2.59 bits per heavy atom. The molecule has 17 heavy (non-hydrogen) atoms. The van der Waals surface area contributed by atoms with Crippen LogP contribution < -0.4 is 5.73 Å². The van der Waals surface area contributed by atoms with Crippen molar-refractivity contribution in [2.45, 2.75) is 64.8 Å². The maximum atomic E-state index is 11.8. The molecule has 1 rings (SSSR count). The summed E-state index contributed by atoms with van der Waals surface area (Å²) in [4.78, 5) is 11.8. The number of hydrogen-bond donors (Lipinski definition) is 1. The van der Waals surface area contributed by atoms with E-state index >= 15 is 0 Å². The molecule has 1 aliphatic rings. The van der Waals surface area contributed by atoms with Crippen LogP contribution in [0.2, 0.25) is 0 Å². The molecule has 0 aliphatic heterocycles. The summed E-state index contributed by atoms with van der Waals surface area (Å²) in [7, 11) is 0. The van der Waals surface area contributed by atoms with Gasteiger partial charge in [0.25, 0.3) is 0 Å². The molecule has 0 heterocycles. The Labute approximate surface area is 105 Å². The van der Waals surface area contributed by atoms with Crippen molar-refractivity contribution in [3.8, 4) is 0 Å². The van der Waals surface area contributed by atoms with Gasteiger partial charge in [-0.25, -0.2) is 0 Å². The molecule has 1 saturated carbocycles. The van der Waals surface area contributed by atoms with Crippen LogP contribution in [0.3, 0.4) is 0 Å². The molecule has 0 amide bonds. The van der Waals surface area contributed by atoms with E-state index in [2.05, 4.69) is 13.8 Å². The number of rotatable bonds is 6. The molecule has 100 valence electrons. The van der Waals surface area contributed by atoms with Gasteiger partial charge in [0.2, 0.25) is 0 Å². The molecule has 2 atom stereocenters. The molecule has 3 heteroatoms. The minimum Gasteiger partial charge on any atom is -0.464 e. The Hall–Kier alpha value is -0.570. The van der Waals surface area contributed by atoms with Crippen LogP contribution in [0.25, 0.3) is 0 Å². The van der Waals surface area contributed by atoms with Gasteiger partial charge in [0.1, 0.15) is 6.04 Å². The molecule has 0 aromatic carbocycles. The van der Waals surface area contributed by atoms with Crippen molar-refractivity contribution in [2.75, 3.05) is 6.61 Å². The molecule has 1 fully saturated rings. The van der Waals surface area contributed by atoms with Gasteiger partial charge >= 0.3 is 5.97 Å². The highest BCUT2D eigenvalue weighted by atomic mass is 16.5. The van der Waals surface area contributed by atoms with Crippen molar-refractivity contribution < 1.29 is 9.53 Å². The van der Waals surface area contributed by atoms with Crippen LogP contribution >= 0.6 is 0 Å². The lowest BCUT2D eigenvalue weighted by Crippen LogP contribution is -2.40. The van der Waals surface area contributed by atoms with Crippen LogP contribution in [-0.2, 0) is 9.53 Å². The first-order chi connectivity index (χ1) is 8.15. The largest absolute Gasteiger partial charge is 0.464 e. The maximum Gasteiger partial charge on any atom is 0.323 e. The second kappa shape index (κ2) is 7.70. The lowest BCUT2D eigenvalue weighted by molar-refractivity contribution is -0.148. The Balaban J connectivity index is 2.25. The Morgan fingerprint density at radius 2 is 2.00 bits per heavy atom. The number of carbonyl (C=O) groups is 1. The Bertz CT molecular complexity index is 224. The van der Waals surface area contributed by atoms with Gasteiger partial charge in [0.05, 0.1) is 6.61 Å². The van der Waals surface area contributed by atoms with Crippen LogP contribution in [0.4, 0.5) is 0 Å². The molecule has 0 saturated heterocycles. The summed E-state index contributed by atoms with van der Waals surface area (Å²) >= 11 is 0. The highest BCUT2D eigenvalue weighted by Crippen LogP contribution is 2.26. The zero-order chi connectivity index (χ0) is 12.7. The van der Waals surface area contributed by atoms with Crippen molar-refractivity contribution >= 4 is 5.97 Å². The van der Waals surface area contributed by atoms with E-state index in [1.165, 1.54) is 19.3 Å². The van der Waals surface area contributed by atoms with Crippen molar-refractivity contribution in [1.82, 2.24) is 0 Å². The molecule has 0 aromatic rings. The second-order valence-corrected chi connectivity index (χ2v) is 5.45. The SMILES string of the molecule is CCCC(C)COC(=O)C(N)C1CCCCC1. The number of nitrogens with two attached hydrogens (primary N) is 1. The minimum absolute atomic E-state index is 0.195. The zero-order valence-electron chi connectivity index (χ0n) is 11.3. The summed E-state index contributed by atoms with van der Waals surface area (Å²) < 4.78 is 5.31. The van der Waals surface area contributed by atoms with E-state index in [0.717, 1.165) is 25.7 Å². The van der Waals surface area contributed by atoms with Gasteiger partial charge in [0, 0.05) is 0 Å². The van der Waals surface area contributed by atoms with Crippen LogP contribution in [0, 0.1) is 11.8 Å². The smallest absolute Gasteiger partial charge is 0.323 e. The summed E-state index contributed by atoms with van der Waals surface area (Å²) in [5, 5.41) is 0. The van der Waals surface area contributed by atoms with Gasteiger partial charge in [-0.3, -0.25) is 4.79 Å². The average molecular weight is 241 g/mol. The number of ether oxygens (including phenoxy) is 1. The molecule has 0 bridgehead atoms. The van der Waals surface area contributed by atoms with Gasteiger partial charge in [-0.15, -0.1) is 0 Å². The molecule has 2 unspecified atom stereocenters. The predicted octanol–water partition coefficient (Wildman–Crippen LogP) is 2.87. The van der Waals surface area contributed by atoms with Gasteiger partial charge in [-0.1, -0.05) is 39.5 Å². The Kier molecular flexibility index (Phi) is 6.56. The minimum atomic E-state index is -0.399. The topological polar surface area (TPSA) is 52.3 Å². The third kappa shape index (κ3) is 5.07. The molecule has 2 N–H and O–H groups in total. The summed E-state index contributed by atoms with van der Waals surface area (Å²) in [6.07, 6.45) is 8.10. The molecule has 0 aromatic heterocycles. The fourth-order valence-electron chi connectivity index (χ4n) is 2.58. The second-order valence-electron chi connectivity index (χ2n) is 5.45. The van der Waals surface area contributed by atoms with Crippen LogP contribution in [0.15, 0.2) is 0 Å². The number of esters is 1. The first kappa shape index (κ1) is 14.5. The lowest BCUT2D eigenvalue weighted by Gasteiger charge is -2.26. The highest BCUT2D eigenvalue weighted by molar-refractivity contribution is 5.75. The molecular formula is C14H27NO2. The first-order valence-electron chi connectivity index (χ1n) is 7.07. The van der Waals surface area contributed by atoms with E-state index in [1.54, 1.807) is 0 Å². The van der Waals surface area contributed by atoms with Crippen molar-refractivity contribution in [3.05, 3.63) is 0 Å². The van der Waals surface area contributed by atoms with E-state index in [1.807, 2.05) is 0 Å². The van der Waals surface area contributed by atoms with E-state index < -0.39 is 6.04 Å². The van der Waals surface area contributed by atoms with Gasteiger partial charge < -0.3 is 10.5 Å². The quantitative estimate of drug-likeness (QED) is 0.727.